The number of non-ortho nitro benzene ring substituents is 1. The summed E-state index contributed by atoms with van der Waals surface area (Å²) in [5.41, 5.74) is 1.88. The first-order valence-electron chi connectivity index (χ1n) is 10.0. The van der Waals surface area contributed by atoms with Crippen LogP contribution in [0.4, 0.5) is 11.4 Å². The second kappa shape index (κ2) is 10.7. The van der Waals surface area contributed by atoms with Crippen molar-refractivity contribution in [2.75, 3.05) is 12.0 Å². The predicted octanol–water partition coefficient (Wildman–Crippen LogP) is 6.90. The molecule has 0 radical (unpaired) electrons. The Kier molecular flexibility index (Phi) is 7.61. The van der Waals surface area contributed by atoms with Crippen molar-refractivity contribution in [3.05, 3.63) is 96.9 Å². The molecule has 0 aliphatic carbocycles. The Labute approximate surface area is 220 Å². The van der Waals surface area contributed by atoms with Crippen molar-refractivity contribution < 1.29 is 19.2 Å². The quantitative estimate of drug-likeness (QED) is 0.138. The molecule has 0 atom stereocenters. The summed E-state index contributed by atoms with van der Waals surface area (Å²) in [5.74, 6) is 0.631. The molecule has 3 aromatic carbocycles. The minimum atomic E-state index is -0.455. The van der Waals surface area contributed by atoms with Gasteiger partial charge in [0.1, 0.15) is 6.61 Å². The number of benzene rings is 3. The zero-order valence-corrected chi connectivity index (χ0v) is 21.2. The molecule has 7 nitrogen and oxygen atoms in total. The molecule has 11 heteroatoms. The monoisotopic (exact) mass is 546 g/mol. The summed E-state index contributed by atoms with van der Waals surface area (Å²) in [6, 6.07) is 16.3. The Morgan fingerprint density at radius 3 is 2.60 bits per heavy atom. The summed E-state index contributed by atoms with van der Waals surface area (Å²) in [7, 11) is 1.50. The fourth-order valence-corrected chi connectivity index (χ4v) is 4.87. The van der Waals surface area contributed by atoms with Crippen molar-refractivity contribution in [2.45, 2.75) is 6.61 Å². The number of thiocarbonyl (C=S) groups is 1. The second-order valence-corrected chi connectivity index (χ2v) is 9.73. The molecule has 0 spiro atoms. The average Bonchev–Trinajstić information content (AvgIpc) is 3.12. The molecule has 0 N–H and O–H groups in total. The van der Waals surface area contributed by atoms with Crippen molar-refractivity contribution >= 4 is 74.9 Å². The standard InChI is InChI=1S/C24H16Cl2N2O5S2/c1-32-21-10-14(5-8-20(21)33-13-15-3-2-4-17(9-15)28(30)31)11-22-23(29)27(24(34)35-22)16-6-7-18(25)19(26)12-16/h2-12H,13H2,1H3/b22-11-. The van der Waals surface area contributed by atoms with Gasteiger partial charge in [0, 0.05) is 12.1 Å². The number of nitro benzene ring substituents is 1. The molecule has 0 bridgehead atoms. The lowest BCUT2D eigenvalue weighted by atomic mass is 10.1. The number of methoxy groups -OCH3 is 1. The largest absolute Gasteiger partial charge is 0.493 e. The van der Waals surface area contributed by atoms with E-state index in [1.54, 1.807) is 54.6 Å². The molecule has 1 amide bonds. The summed E-state index contributed by atoms with van der Waals surface area (Å²) in [5, 5.41) is 11.7. The third-order valence-corrected chi connectivity index (χ3v) is 7.00. The van der Waals surface area contributed by atoms with Gasteiger partial charge >= 0.3 is 0 Å². The van der Waals surface area contributed by atoms with Gasteiger partial charge in [-0.05, 0) is 47.5 Å². The first kappa shape index (κ1) is 25.0. The van der Waals surface area contributed by atoms with Crippen LogP contribution in [0.25, 0.3) is 6.08 Å². The molecule has 0 unspecified atom stereocenters. The van der Waals surface area contributed by atoms with E-state index in [-0.39, 0.29) is 18.2 Å². The number of thioether (sulfide) groups is 1. The maximum Gasteiger partial charge on any atom is 0.270 e. The second-order valence-electron chi connectivity index (χ2n) is 7.24. The van der Waals surface area contributed by atoms with Crippen molar-refractivity contribution in [1.29, 1.82) is 0 Å². The fraction of sp³-hybridized carbons (Fsp3) is 0.0833. The number of amides is 1. The molecule has 1 heterocycles. The molecule has 3 aromatic rings. The van der Waals surface area contributed by atoms with E-state index in [9.17, 15) is 14.9 Å². The molecule has 1 aliphatic heterocycles. The molecular formula is C24H16Cl2N2O5S2. The molecule has 178 valence electrons. The molecule has 35 heavy (non-hydrogen) atoms. The zero-order valence-electron chi connectivity index (χ0n) is 18.1. The van der Waals surface area contributed by atoms with Crippen LogP contribution in [0.5, 0.6) is 11.5 Å². The van der Waals surface area contributed by atoms with Gasteiger partial charge in [-0.25, -0.2) is 0 Å². The predicted molar refractivity (Wildman–Crippen MR) is 143 cm³/mol. The molecule has 1 saturated heterocycles. The van der Waals surface area contributed by atoms with E-state index in [0.29, 0.717) is 47.6 Å². The Morgan fingerprint density at radius 2 is 1.89 bits per heavy atom. The van der Waals surface area contributed by atoms with Gasteiger partial charge in [-0.1, -0.05) is 65.4 Å². The first-order valence-corrected chi connectivity index (χ1v) is 12.0. The van der Waals surface area contributed by atoms with Gasteiger partial charge in [0.25, 0.3) is 11.6 Å². The van der Waals surface area contributed by atoms with Crippen LogP contribution in [-0.4, -0.2) is 22.3 Å². The van der Waals surface area contributed by atoms with Crippen LogP contribution in [-0.2, 0) is 11.4 Å². The van der Waals surface area contributed by atoms with Crippen LogP contribution < -0.4 is 14.4 Å². The van der Waals surface area contributed by atoms with Crippen LogP contribution in [0.15, 0.2) is 65.6 Å². The highest BCUT2D eigenvalue weighted by Crippen LogP contribution is 2.39. The Hall–Kier alpha value is -3.11. The SMILES string of the molecule is COc1cc(/C=C2\SC(=S)N(c3ccc(Cl)c(Cl)c3)C2=O)ccc1OCc1cccc([N+](=O)[O-])c1. The summed E-state index contributed by atoms with van der Waals surface area (Å²) in [6.07, 6.45) is 1.71. The third-order valence-electron chi connectivity index (χ3n) is 4.96. The summed E-state index contributed by atoms with van der Waals surface area (Å²) >= 11 is 18.7. The van der Waals surface area contributed by atoms with Gasteiger partial charge in [-0.3, -0.25) is 19.8 Å². The topological polar surface area (TPSA) is 81.9 Å². The molecule has 4 rings (SSSR count). The molecular weight excluding hydrogens is 531 g/mol. The zero-order chi connectivity index (χ0) is 25.1. The lowest BCUT2D eigenvalue weighted by Gasteiger charge is -2.15. The minimum Gasteiger partial charge on any atom is -0.493 e. The van der Waals surface area contributed by atoms with E-state index in [4.69, 9.17) is 44.9 Å². The highest BCUT2D eigenvalue weighted by Gasteiger charge is 2.33. The van der Waals surface area contributed by atoms with Crippen LogP contribution in [0.2, 0.25) is 10.0 Å². The maximum absolute atomic E-state index is 13.0. The number of carbonyl (C=O) groups is 1. The number of anilines is 1. The third kappa shape index (κ3) is 5.59. The van der Waals surface area contributed by atoms with Crippen LogP contribution >= 0.6 is 47.2 Å². The van der Waals surface area contributed by atoms with E-state index < -0.39 is 4.92 Å². The Bertz CT molecular complexity index is 1380. The number of ether oxygens (including phenoxy) is 2. The highest BCUT2D eigenvalue weighted by molar-refractivity contribution is 8.27. The lowest BCUT2D eigenvalue weighted by Crippen LogP contribution is -2.27. The van der Waals surface area contributed by atoms with Crippen molar-refractivity contribution in [2.24, 2.45) is 0 Å². The van der Waals surface area contributed by atoms with Gasteiger partial charge < -0.3 is 9.47 Å². The number of halogens is 2. The lowest BCUT2D eigenvalue weighted by molar-refractivity contribution is -0.384. The Morgan fingerprint density at radius 1 is 1.09 bits per heavy atom. The fourth-order valence-electron chi connectivity index (χ4n) is 3.28. The number of nitrogens with zero attached hydrogens (tertiary/aromatic N) is 2. The van der Waals surface area contributed by atoms with Gasteiger partial charge in [0.2, 0.25) is 0 Å². The Balaban J connectivity index is 1.52. The maximum atomic E-state index is 13.0. The van der Waals surface area contributed by atoms with Gasteiger partial charge in [-0.15, -0.1) is 0 Å². The van der Waals surface area contributed by atoms with Crippen molar-refractivity contribution in [3.8, 4) is 11.5 Å². The van der Waals surface area contributed by atoms with E-state index in [0.717, 1.165) is 0 Å². The molecule has 1 aliphatic rings. The smallest absolute Gasteiger partial charge is 0.270 e. The van der Waals surface area contributed by atoms with Gasteiger partial charge in [0.15, 0.2) is 15.8 Å². The van der Waals surface area contributed by atoms with Crippen LogP contribution in [0.3, 0.4) is 0 Å². The highest BCUT2D eigenvalue weighted by atomic mass is 35.5. The summed E-state index contributed by atoms with van der Waals surface area (Å²) < 4.78 is 11.6. The van der Waals surface area contributed by atoms with E-state index in [2.05, 4.69) is 0 Å². The minimum absolute atomic E-state index is 0.00778. The van der Waals surface area contributed by atoms with Crippen molar-refractivity contribution in [3.63, 3.8) is 0 Å². The van der Waals surface area contributed by atoms with E-state index >= 15 is 0 Å². The molecule has 0 aromatic heterocycles. The normalized spacial score (nSPS) is 14.5. The number of hydrogen-bond donors (Lipinski definition) is 0. The number of carbonyl (C=O) groups excluding carboxylic acids is 1. The van der Waals surface area contributed by atoms with Crippen LogP contribution in [0, 0.1) is 10.1 Å². The van der Waals surface area contributed by atoms with E-state index in [1.807, 2.05) is 0 Å². The average molecular weight is 547 g/mol. The first-order chi connectivity index (χ1) is 16.8. The van der Waals surface area contributed by atoms with Crippen molar-refractivity contribution in [1.82, 2.24) is 0 Å². The number of hydrogen-bond acceptors (Lipinski definition) is 7. The summed E-state index contributed by atoms with van der Waals surface area (Å²) in [4.78, 5) is 25.4. The summed E-state index contributed by atoms with van der Waals surface area (Å²) in [6.45, 7) is 0.125. The van der Waals surface area contributed by atoms with Gasteiger partial charge in [-0.2, -0.15) is 0 Å². The molecule has 1 fully saturated rings. The van der Waals surface area contributed by atoms with Crippen LogP contribution in [0.1, 0.15) is 11.1 Å². The molecule has 0 saturated carbocycles. The number of nitro groups is 1. The van der Waals surface area contributed by atoms with Gasteiger partial charge in [0.05, 0.1) is 32.7 Å². The van der Waals surface area contributed by atoms with E-state index in [1.165, 1.54) is 35.9 Å². The number of rotatable bonds is 7.